The first-order chi connectivity index (χ1) is 12.4. The molecule has 2 aliphatic rings. The van der Waals surface area contributed by atoms with E-state index >= 15 is 0 Å². The fourth-order valence-corrected chi connectivity index (χ4v) is 4.74. The molecule has 0 N–H and O–H groups in total. The van der Waals surface area contributed by atoms with Gasteiger partial charge in [-0.1, -0.05) is 103 Å². The zero-order valence-electron chi connectivity index (χ0n) is 17.3. The average molecular weight is 351 g/mol. The molecule has 1 aliphatic heterocycles. The Balaban J connectivity index is 1.25. The lowest BCUT2D eigenvalue weighted by Crippen LogP contribution is -1.98. The fraction of sp³-hybridized carbons (Fsp3) is 1.00. The van der Waals surface area contributed by atoms with Crippen LogP contribution in [-0.4, -0.2) is 13.2 Å². The summed E-state index contributed by atoms with van der Waals surface area (Å²) < 4.78 is 5.45. The van der Waals surface area contributed by atoms with Gasteiger partial charge in [0, 0.05) is 13.2 Å². The Morgan fingerprint density at radius 2 is 1.16 bits per heavy atom. The largest absolute Gasteiger partial charge is 0.381 e. The molecule has 3 atom stereocenters. The van der Waals surface area contributed by atoms with Crippen LogP contribution in [0.4, 0.5) is 0 Å². The van der Waals surface area contributed by atoms with Gasteiger partial charge in [0.2, 0.25) is 0 Å². The molecule has 1 nitrogen and oxygen atoms in total. The van der Waals surface area contributed by atoms with Gasteiger partial charge in [0.15, 0.2) is 0 Å². The molecule has 1 heterocycles. The fourth-order valence-electron chi connectivity index (χ4n) is 4.74. The van der Waals surface area contributed by atoms with Gasteiger partial charge in [0.05, 0.1) is 0 Å². The molecule has 2 fully saturated rings. The zero-order chi connectivity index (χ0) is 17.6. The van der Waals surface area contributed by atoms with Gasteiger partial charge in [-0.15, -0.1) is 0 Å². The molecule has 0 aromatic carbocycles. The summed E-state index contributed by atoms with van der Waals surface area (Å²) in [6.45, 7) is 4.37. The van der Waals surface area contributed by atoms with Crippen LogP contribution < -0.4 is 0 Å². The highest BCUT2D eigenvalue weighted by Crippen LogP contribution is 2.45. The first-order valence-corrected chi connectivity index (χ1v) is 12.0. The Hall–Kier alpha value is -0.0400. The van der Waals surface area contributed by atoms with Crippen molar-refractivity contribution in [1.82, 2.24) is 0 Å². The summed E-state index contributed by atoms with van der Waals surface area (Å²) in [6, 6.07) is 0. The highest BCUT2D eigenvalue weighted by molar-refractivity contribution is 4.85. The van der Waals surface area contributed by atoms with Gasteiger partial charge in [-0.25, -0.2) is 0 Å². The third kappa shape index (κ3) is 10.6. The predicted molar refractivity (Wildman–Crippen MR) is 110 cm³/mol. The van der Waals surface area contributed by atoms with Gasteiger partial charge in [0.1, 0.15) is 0 Å². The molecule has 1 heteroatoms. The molecule has 0 aromatic heterocycles. The Labute approximate surface area is 158 Å². The Morgan fingerprint density at radius 1 is 0.640 bits per heavy atom. The summed E-state index contributed by atoms with van der Waals surface area (Å²) >= 11 is 0. The second-order valence-electron chi connectivity index (χ2n) is 9.09. The Kier molecular flexibility index (Phi) is 12.0. The van der Waals surface area contributed by atoms with Gasteiger partial charge in [0.25, 0.3) is 0 Å². The Bertz CT molecular complexity index is 294. The highest BCUT2D eigenvalue weighted by atomic mass is 16.5. The van der Waals surface area contributed by atoms with E-state index in [0.717, 1.165) is 31.0 Å². The van der Waals surface area contributed by atoms with Gasteiger partial charge < -0.3 is 4.74 Å². The Morgan fingerprint density at radius 3 is 1.68 bits per heavy atom. The zero-order valence-corrected chi connectivity index (χ0v) is 17.3. The van der Waals surface area contributed by atoms with Crippen LogP contribution in [0.15, 0.2) is 0 Å². The van der Waals surface area contributed by atoms with E-state index in [4.69, 9.17) is 4.74 Å². The predicted octanol–water partition coefficient (Wildman–Crippen LogP) is 7.92. The van der Waals surface area contributed by atoms with Crippen molar-refractivity contribution in [2.24, 2.45) is 17.8 Å². The molecule has 1 saturated heterocycles. The first kappa shape index (κ1) is 21.3. The quantitative estimate of drug-likeness (QED) is 0.242. The van der Waals surface area contributed by atoms with Crippen LogP contribution in [0.3, 0.4) is 0 Å². The van der Waals surface area contributed by atoms with Gasteiger partial charge >= 0.3 is 0 Å². The van der Waals surface area contributed by atoms with Crippen LogP contribution in [0.1, 0.15) is 122 Å². The van der Waals surface area contributed by atoms with Crippen molar-refractivity contribution < 1.29 is 4.74 Å². The molecule has 0 bridgehead atoms. The van der Waals surface area contributed by atoms with Crippen LogP contribution in [-0.2, 0) is 4.74 Å². The van der Waals surface area contributed by atoms with Crippen molar-refractivity contribution in [3.8, 4) is 0 Å². The summed E-state index contributed by atoms with van der Waals surface area (Å²) in [6.07, 6.45) is 26.5. The molecule has 148 valence electrons. The van der Waals surface area contributed by atoms with Crippen LogP contribution in [0.2, 0.25) is 0 Å². The van der Waals surface area contributed by atoms with Gasteiger partial charge in [-0.3, -0.25) is 0 Å². The standard InChI is InChI=1S/C24H46O/c1-2-3-4-5-10-13-16-23-20-24(23)17-14-11-8-6-7-9-12-15-22-18-19-25-21-22/h22-24H,2-21H2,1H3/t22-,23?,24?/m1/s1. The van der Waals surface area contributed by atoms with E-state index in [1.807, 2.05) is 0 Å². The van der Waals surface area contributed by atoms with Crippen LogP contribution in [0.5, 0.6) is 0 Å². The van der Waals surface area contributed by atoms with Gasteiger partial charge in [-0.2, -0.15) is 0 Å². The van der Waals surface area contributed by atoms with Crippen molar-refractivity contribution in [3.63, 3.8) is 0 Å². The topological polar surface area (TPSA) is 9.23 Å². The minimum atomic E-state index is 0.892. The summed E-state index contributed by atoms with van der Waals surface area (Å²) in [4.78, 5) is 0. The maximum absolute atomic E-state index is 5.45. The lowest BCUT2D eigenvalue weighted by molar-refractivity contribution is 0.183. The summed E-state index contributed by atoms with van der Waals surface area (Å²) in [5.74, 6) is 3.15. The number of hydrogen-bond donors (Lipinski definition) is 0. The van der Waals surface area contributed by atoms with E-state index < -0.39 is 0 Å². The second kappa shape index (κ2) is 14.1. The number of rotatable bonds is 17. The van der Waals surface area contributed by atoms with E-state index in [9.17, 15) is 0 Å². The molecule has 0 spiro atoms. The SMILES string of the molecule is CCCCCCCCC1CC1CCCCCCCCC[C@@H]1CCOC1. The average Bonchev–Trinajstić information content (AvgIpc) is 3.15. The van der Waals surface area contributed by atoms with E-state index in [1.165, 1.54) is 96.3 Å². The molecule has 0 radical (unpaired) electrons. The molecular formula is C24H46O. The van der Waals surface area contributed by atoms with Crippen molar-refractivity contribution in [2.45, 2.75) is 122 Å². The van der Waals surface area contributed by atoms with Crippen LogP contribution in [0.25, 0.3) is 0 Å². The number of unbranched alkanes of at least 4 members (excludes halogenated alkanes) is 11. The molecule has 1 saturated carbocycles. The lowest BCUT2D eigenvalue weighted by Gasteiger charge is -2.06. The third-order valence-electron chi connectivity index (χ3n) is 6.71. The maximum Gasteiger partial charge on any atom is 0.0495 e. The summed E-state index contributed by atoms with van der Waals surface area (Å²) in [5.41, 5.74) is 0. The van der Waals surface area contributed by atoms with E-state index in [0.29, 0.717) is 0 Å². The van der Waals surface area contributed by atoms with Crippen LogP contribution in [0, 0.1) is 17.8 Å². The molecule has 25 heavy (non-hydrogen) atoms. The van der Waals surface area contributed by atoms with E-state index in [1.54, 1.807) is 19.3 Å². The summed E-state index contributed by atoms with van der Waals surface area (Å²) in [5, 5.41) is 0. The molecule has 2 unspecified atom stereocenters. The number of hydrogen-bond acceptors (Lipinski definition) is 1. The van der Waals surface area contributed by atoms with Crippen molar-refractivity contribution in [2.75, 3.05) is 13.2 Å². The minimum absolute atomic E-state index is 0.892. The summed E-state index contributed by atoms with van der Waals surface area (Å²) in [7, 11) is 0. The molecule has 1 aliphatic carbocycles. The molecule has 0 amide bonds. The first-order valence-electron chi connectivity index (χ1n) is 12.0. The lowest BCUT2D eigenvalue weighted by atomic mass is 9.99. The normalized spacial score (nSPS) is 25.6. The van der Waals surface area contributed by atoms with E-state index in [2.05, 4.69) is 6.92 Å². The molecule has 2 rings (SSSR count). The molecule has 0 aromatic rings. The minimum Gasteiger partial charge on any atom is -0.381 e. The smallest absolute Gasteiger partial charge is 0.0495 e. The van der Waals surface area contributed by atoms with Crippen molar-refractivity contribution in [3.05, 3.63) is 0 Å². The number of ether oxygens (including phenoxy) is 1. The second-order valence-corrected chi connectivity index (χ2v) is 9.09. The highest BCUT2D eigenvalue weighted by Gasteiger charge is 2.34. The monoisotopic (exact) mass is 350 g/mol. The van der Waals surface area contributed by atoms with Crippen molar-refractivity contribution in [1.29, 1.82) is 0 Å². The third-order valence-corrected chi connectivity index (χ3v) is 6.71. The van der Waals surface area contributed by atoms with Crippen LogP contribution >= 0.6 is 0 Å². The van der Waals surface area contributed by atoms with E-state index in [-0.39, 0.29) is 0 Å². The van der Waals surface area contributed by atoms with Gasteiger partial charge in [-0.05, 0) is 37.0 Å². The molecular weight excluding hydrogens is 304 g/mol. The maximum atomic E-state index is 5.45. The van der Waals surface area contributed by atoms with Crippen molar-refractivity contribution >= 4 is 0 Å².